The van der Waals surface area contributed by atoms with Gasteiger partial charge in [-0.2, -0.15) is 0 Å². The molecule has 0 aromatic rings. The number of esters is 6. The molecule has 0 aromatic carbocycles. The van der Waals surface area contributed by atoms with Gasteiger partial charge in [-0.3, -0.25) is 28.8 Å². The Morgan fingerprint density at radius 2 is 0.290 bits per heavy atom. The maximum atomic E-state index is 13.5. The minimum Gasteiger partial charge on any atom is -0.464 e. The lowest BCUT2D eigenvalue weighted by Gasteiger charge is -2.31. The normalized spacial score (nSPS) is 22.9. The highest BCUT2D eigenvalue weighted by Crippen LogP contribution is 2.27. The number of nitrogens with zero attached hydrogens (tertiary/aromatic N) is 6. The smallest absolute Gasteiger partial charge is 0.410 e. The Hall–Kier alpha value is -7.56. The van der Waals surface area contributed by atoms with Gasteiger partial charge in [0.15, 0.2) is 0 Å². The molecule has 138 heavy (non-hydrogen) atoms. The highest BCUT2D eigenvalue weighted by atomic mass is 16.6. The standard InChI is InChI=1S/C108H198N6O24/c1-85-61-49-37-25-31-43-55-68-92(116)128-80-74-110(98(122)134-104(10,11)12)87(3)63-51-39-27-33-45-57-70-94(118)130-82-76-112(100(124)136-106(16,17)18)89(5)65-53-41-29-35-47-59-72-96(120)132-84-78-114(102(126)138-108(22,23)24)90(6)66-54-42-30-36-48-60-71-95(119)131-83-77-113(101(125)137-107(19,20)21)88(4)64-52-40-28-34-46-58-69-93(117)129-81-75-111(99(123)135-105(13,14)15)86(2)62-50-38-26-32-44-56-67-91(115)127-79-73-109(85)97(121)133-103(7,8)9/h85-90H,25-84H2,1-24H3/t85-,86-,87-,88-,89-,90-/m1/s1. The SMILES string of the molecule is C[C@@H]1CCCCCCCCC(=O)OCCN(C(=O)OC(C)(C)C)[C@H](C)CCCCCCCCC(=O)OCCN(C(=O)OC(C)(C)C)[C@H](C)CCCCCCCCC(=O)OCCN(C(=O)OC(C)(C)C)[C@H](C)CCCCCCCCC(=O)OCCN(C(=O)OC(C)(C)C)[C@H](C)CCCCCCCCC(=O)OCCN(C(=O)OC(C)(C)C)[C@H](C)CCCCCCCCC(=O)OCCN1C(=O)OC(C)(C)C. The Balaban J connectivity index is 3.06. The van der Waals surface area contributed by atoms with E-state index in [9.17, 15) is 57.5 Å². The third-order valence-electron chi connectivity index (χ3n) is 24.0. The molecule has 6 atom stereocenters. The number of hydrogen-bond acceptors (Lipinski definition) is 24. The van der Waals surface area contributed by atoms with Gasteiger partial charge in [-0.15, -0.1) is 0 Å². The van der Waals surface area contributed by atoms with Gasteiger partial charge in [-0.05, 0) is 243 Å². The molecule has 1 rings (SSSR count). The van der Waals surface area contributed by atoms with Crippen LogP contribution in [0.25, 0.3) is 0 Å². The summed E-state index contributed by atoms with van der Waals surface area (Å²) in [5, 5.41) is 0. The van der Waals surface area contributed by atoms with Crippen molar-refractivity contribution >= 4 is 72.4 Å². The lowest BCUT2D eigenvalue weighted by Crippen LogP contribution is -2.44. The second kappa shape index (κ2) is 71.8. The molecule has 804 valence electrons. The first kappa shape index (κ1) is 128. The Morgan fingerprint density at radius 3 is 0.399 bits per heavy atom. The van der Waals surface area contributed by atoms with Crippen molar-refractivity contribution in [1.29, 1.82) is 0 Å². The van der Waals surface area contributed by atoms with Crippen LogP contribution in [0.4, 0.5) is 28.8 Å². The number of cyclic esters (lactones) is 6. The van der Waals surface area contributed by atoms with Crippen molar-refractivity contribution in [2.45, 2.75) is 544 Å². The number of carbonyl (C=O) groups excluding carboxylic acids is 12. The quantitative estimate of drug-likeness (QED) is 0.161. The van der Waals surface area contributed by atoms with Crippen LogP contribution < -0.4 is 0 Å². The fourth-order valence-electron chi connectivity index (χ4n) is 16.3. The molecule has 0 unspecified atom stereocenters. The summed E-state index contributed by atoms with van der Waals surface area (Å²) in [6, 6.07) is -0.946. The molecule has 30 heteroatoms. The monoisotopic (exact) mass is 1960 g/mol. The number of ether oxygens (including phenoxy) is 12. The van der Waals surface area contributed by atoms with Crippen molar-refractivity contribution in [2.24, 2.45) is 0 Å². The molecule has 1 heterocycles. The van der Waals surface area contributed by atoms with Crippen molar-refractivity contribution in [1.82, 2.24) is 29.4 Å². The van der Waals surface area contributed by atoms with Crippen LogP contribution in [0.1, 0.15) is 474 Å². The Labute approximate surface area is 835 Å². The van der Waals surface area contributed by atoms with Gasteiger partial charge in [-0.25, -0.2) is 28.8 Å². The van der Waals surface area contributed by atoms with Crippen LogP contribution in [0.5, 0.6) is 0 Å². The lowest BCUT2D eigenvalue weighted by molar-refractivity contribution is -0.145. The van der Waals surface area contributed by atoms with Crippen LogP contribution in [-0.2, 0) is 85.6 Å². The zero-order valence-corrected chi connectivity index (χ0v) is 91.4. The van der Waals surface area contributed by atoms with E-state index >= 15 is 0 Å². The zero-order valence-electron chi connectivity index (χ0n) is 91.4. The maximum absolute atomic E-state index is 13.5. The van der Waals surface area contributed by atoms with Gasteiger partial charge in [-0.1, -0.05) is 193 Å². The van der Waals surface area contributed by atoms with Crippen molar-refractivity contribution in [3.63, 3.8) is 0 Å². The van der Waals surface area contributed by atoms with E-state index in [0.717, 1.165) is 231 Å². The molecule has 1 aliphatic rings. The zero-order chi connectivity index (χ0) is 104. The summed E-state index contributed by atoms with van der Waals surface area (Å²) in [6.45, 7) is 46.4. The van der Waals surface area contributed by atoms with Crippen LogP contribution in [-0.4, -0.2) is 251 Å². The molecule has 0 N–H and O–H groups in total. The van der Waals surface area contributed by atoms with Crippen molar-refractivity contribution in [3.05, 3.63) is 0 Å². The predicted molar refractivity (Wildman–Crippen MR) is 542 cm³/mol. The minimum absolute atomic E-state index is 0.0565. The van der Waals surface area contributed by atoms with E-state index in [4.69, 9.17) is 56.8 Å². The van der Waals surface area contributed by atoms with Crippen LogP contribution in [0.3, 0.4) is 0 Å². The second-order valence-corrected chi connectivity index (χ2v) is 44.4. The fraction of sp³-hybridized carbons (Fsp3) is 0.889. The number of carbonyl (C=O) groups is 12. The first-order valence-electron chi connectivity index (χ1n) is 53.7. The van der Waals surface area contributed by atoms with Gasteiger partial charge in [0.05, 0.1) is 39.3 Å². The molecule has 1 fully saturated rings. The topological polar surface area (TPSA) is 335 Å². The van der Waals surface area contributed by atoms with Gasteiger partial charge in [0, 0.05) is 74.8 Å². The van der Waals surface area contributed by atoms with E-state index in [-0.39, 0.29) is 190 Å². The molecule has 1 saturated heterocycles. The summed E-state index contributed by atoms with van der Waals surface area (Å²) in [5.74, 6) is -1.85. The highest BCUT2D eigenvalue weighted by Gasteiger charge is 2.34. The van der Waals surface area contributed by atoms with Crippen molar-refractivity contribution < 1.29 is 114 Å². The van der Waals surface area contributed by atoms with E-state index in [1.165, 1.54) is 0 Å². The first-order chi connectivity index (χ1) is 64.8. The average Bonchev–Trinajstić information content (AvgIpc) is 0.899. The molecule has 0 aromatic heterocycles. The summed E-state index contributed by atoms with van der Waals surface area (Å²) in [7, 11) is 0. The molecule has 0 radical (unpaired) electrons. The Bertz CT molecular complexity index is 2810. The Morgan fingerprint density at radius 1 is 0.188 bits per heavy atom. The second-order valence-electron chi connectivity index (χ2n) is 44.4. The maximum Gasteiger partial charge on any atom is 0.410 e. The van der Waals surface area contributed by atoms with Gasteiger partial charge >= 0.3 is 72.4 Å². The number of hydrogen-bond donors (Lipinski definition) is 0. The predicted octanol–water partition coefficient (Wildman–Crippen LogP) is 25.7. The average molecular weight is 1960 g/mol. The van der Waals surface area contributed by atoms with E-state index in [0.29, 0.717) is 38.5 Å². The summed E-state index contributed by atoms with van der Waals surface area (Å²) in [5.41, 5.74) is -4.26. The van der Waals surface area contributed by atoms with Crippen LogP contribution in [0.2, 0.25) is 0 Å². The Kier molecular flexibility index (Phi) is 66.8. The summed E-state index contributed by atoms with van der Waals surface area (Å²) in [6.07, 6.45) is 34.8. The molecule has 0 saturated carbocycles. The molecule has 0 spiro atoms. The van der Waals surface area contributed by atoms with Crippen molar-refractivity contribution in [2.75, 3.05) is 78.9 Å². The van der Waals surface area contributed by atoms with Gasteiger partial charge in [0.1, 0.15) is 73.2 Å². The largest absolute Gasteiger partial charge is 0.464 e. The van der Waals surface area contributed by atoms with Crippen LogP contribution in [0, 0.1) is 0 Å². The number of rotatable bonds is 0. The van der Waals surface area contributed by atoms with E-state index in [1.54, 1.807) is 29.4 Å². The van der Waals surface area contributed by atoms with Gasteiger partial charge in [0.2, 0.25) is 0 Å². The van der Waals surface area contributed by atoms with Gasteiger partial charge in [0.25, 0.3) is 0 Å². The lowest BCUT2D eigenvalue weighted by atomic mass is 10.0. The summed E-state index contributed by atoms with van der Waals surface area (Å²) >= 11 is 0. The fourth-order valence-corrected chi connectivity index (χ4v) is 16.3. The van der Waals surface area contributed by atoms with Gasteiger partial charge < -0.3 is 86.2 Å². The molecule has 6 amide bonds. The molecule has 1 aliphatic heterocycles. The molecule has 30 nitrogen and oxygen atoms in total. The molecule has 0 bridgehead atoms. The summed E-state index contributed by atoms with van der Waals surface area (Å²) in [4.78, 5) is 169. The molecular weight excluding hydrogens is 1770 g/mol. The number of amides is 6. The van der Waals surface area contributed by atoms with Crippen LogP contribution >= 0.6 is 0 Å². The third kappa shape index (κ3) is 70.2. The highest BCUT2D eigenvalue weighted by molar-refractivity contribution is 5.74. The first-order valence-corrected chi connectivity index (χ1v) is 53.7. The van der Waals surface area contributed by atoms with E-state index < -0.39 is 70.2 Å². The van der Waals surface area contributed by atoms with E-state index in [2.05, 4.69) is 0 Å². The van der Waals surface area contributed by atoms with Crippen LogP contribution in [0.15, 0.2) is 0 Å². The van der Waals surface area contributed by atoms with E-state index in [1.807, 2.05) is 166 Å². The summed E-state index contributed by atoms with van der Waals surface area (Å²) < 4.78 is 68.7. The minimum atomic E-state index is -0.710. The van der Waals surface area contributed by atoms with Crippen molar-refractivity contribution in [3.8, 4) is 0 Å². The molecular formula is C108H198N6O24. The molecule has 0 aliphatic carbocycles. The third-order valence-corrected chi connectivity index (χ3v) is 24.0.